The predicted octanol–water partition coefficient (Wildman–Crippen LogP) is 1.81. The molecule has 0 saturated carbocycles. The maximum atomic E-state index is 12.3. The lowest BCUT2D eigenvalue weighted by Crippen LogP contribution is -2.34. The molecule has 1 unspecified atom stereocenters. The molecular weight excluding hydrogens is 242 g/mol. The number of nitrogens with zero attached hydrogens (tertiary/aromatic N) is 2. The van der Waals surface area contributed by atoms with Gasteiger partial charge >= 0.3 is 0 Å². The van der Waals surface area contributed by atoms with Crippen LogP contribution in [0.25, 0.3) is 11.0 Å². The second kappa shape index (κ2) is 5.01. The van der Waals surface area contributed by atoms with Crippen LogP contribution in [0.4, 0.5) is 0 Å². The number of imidazole rings is 1. The molecule has 1 aromatic heterocycles. The van der Waals surface area contributed by atoms with Crippen molar-refractivity contribution < 1.29 is 9.53 Å². The van der Waals surface area contributed by atoms with Crippen molar-refractivity contribution in [1.82, 2.24) is 14.9 Å². The summed E-state index contributed by atoms with van der Waals surface area (Å²) in [5.41, 5.74) is 2.44. The second-order valence-corrected chi connectivity index (χ2v) is 4.96. The molecule has 1 N–H and O–H groups in total. The van der Waals surface area contributed by atoms with E-state index in [-0.39, 0.29) is 12.0 Å². The summed E-state index contributed by atoms with van der Waals surface area (Å²) >= 11 is 0. The lowest BCUT2D eigenvalue weighted by atomic mass is 10.1. The summed E-state index contributed by atoms with van der Waals surface area (Å²) in [7, 11) is 1.82. The third-order valence-corrected chi connectivity index (χ3v) is 3.52. The summed E-state index contributed by atoms with van der Waals surface area (Å²) in [6.45, 7) is 1.46. The molecule has 5 heteroatoms. The van der Waals surface area contributed by atoms with Gasteiger partial charge in [-0.15, -0.1) is 0 Å². The standard InChI is InChI=1S/C14H17N3O2/c1-17(8-11-3-2-6-19-11)14(18)10-4-5-12-13(7-10)16-9-15-12/h4-5,7,9,11H,2-3,6,8H2,1H3,(H,15,16). The number of aromatic nitrogens is 2. The minimum Gasteiger partial charge on any atom is -0.376 e. The van der Waals surface area contributed by atoms with E-state index >= 15 is 0 Å². The monoisotopic (exact) mass is 259 g/mol. The Morgan fingerprint density at radius 1 is 1.58 bits per heavy atom. The molecule has 1 aliphatic rings. The Morgan fingerprint density at radius 3 is 3.26 bits per heavy atom. The van der Waals surface area contributed by atoms with Gasteiger partial charge in [0.2, 0.25) is 0 Å². The number of likely N-dealkylation sites (N-methyl/N-ethyl adjacent to an activating group) is 1. The van der Waals surface area contributed by atoms with E-state index < -0.39 is 0 Å². The number of benzene rings is 1. The van der Waals surface area contributed by atoms with Crippen molar-refractivity contribution in [1.29, 1.82) is 0 Å². The molecule has 1 saturated heterocycles. The SMILES string of the molecule is CN(CC1CCCO1)C(=O)c1ccc2nc[nH]c2c1. The van der Waals surface area contributed by atoms with Gasteiger partial charge in [0.15, 0.2) is 0 Å². The Balaban J connectivity index is 1.74. The van der Waals surface area contributed by atoms with Crippen molar-refractivity contribution in [3.8, 4) is 0 Å². The van der Waals surface area contributed by atoms with Gasteiger partial charge in [-0.25, -0.2) is 4.98 Å². The first kappa shape index (κ1) is 12.2. The molecule has 0 aliphatic carbocycles. The van der Waals surface area contributed by atoms with E-state index in [1.54, 1.807) is 11.2 Å². The normalized spacial score (nSPS) is 18.9. The molecule has 1 atom stereocenters. The Bertz CT molecular complexity index is 587. The zero-order valence-electron chi connectivity index (χ0n) is 10.9. The van der Waals surface area contributed by atoms with Crippen LogP contribution >= 0.6 is 0 Å². The number of fused-ring (bicyclic) bond motifs is 1. The van der Waals surface area contributed by atoms with Crippen molar-refractivity contribution in [3.63, 3.8) is 0 Å². The van der Waals surface area contributed by atoms with Gasteiger partial charge in [-0.1, -0.05) is 0 Å². The number of aromatic amines is 1. The van der Waals surface area contributed by atoms with Crippen LogP contribution < -0.4 is 0 Å². The summed E-state index contributed by atoms with van der Waals surface area (Å²) < 4.78 is 5.56. The lowest BCUT2D eigenvalue weighted by molar-refractivity contribution is 0.0587. The smallest absolute Gasteiger partial charge is 0.253 e. The summed E-state index contributed by atoms with van der Waals surface area (Å²) in [5, 5.41) is 0. The predicted molar refractivity (Wildman–Crippen MR) is 72.0 cm³/mol. The molecule has 3 rings (SSSR count). The first-order valence-corrected chi connectivity index (χ1v) is 6.54. The second-order valence-electron chi connectivity index (χ2n) is 4.96. The highest BCUT2D eigenvalue weighted by molar-refractivity contribution is 5.97. The van der Waals surface area contributed by atoms with Gasteiger partial charge in [0, 0.05) is 25.8 Å². The van der Waals surface area contributed by atoms with Crippen molar-refractivity contribution >= 4 is 16.9 Å². The first-order chi connectivity index (χ1) is 9.24. The number of hydrogen-bond acceptors (Lipinski definition) is 3. The largest absolute Gasteiger partial charge is 0.376 e. The molecule has 1 amide bonds. The van der Waals surface area contributed by atoms with Gasteiger partial charge < -0.3 is 14.6 Å². The number of ether oxygens (including phenoxy) is 1. The lowest BCUT2D eigenvalue weighted by Gasteiger charge is -2.20. The van der Waals surface area contributed by atoms with Gasteiger partial charge in [0.05, 0.1) is 23.5 Å². The maximum absolute atomic E-state index is 12.3. The van der Waals surface area contributed by atoms with Crippen molar-refractivity contribution in [2.24, 2.45) is 0 Å². The minimum absolute atomic E-state index is 0.0204. The molecule has 2 heterocycles. The summed E-state index contributed by atoms with van der Waals surface area (Å²) in [6.07, 6.45) is 3.95. The van der Waals surface area contributed by atoms with Crippen LogP contribution in [0.1, 0.15) is 23.2 Å². The average Bonchev–Trinajstić information content (AvgIpc) is 3.07. The van der Waals surface area contributed by atoms with Gasteiger partial charge in [-0.3, -0.25) is 4.79 Å². The Morgan fingerprint density at radius 2 is 2.47 bits per heavy atom. The summed E-state index contributed by atoms with van der Waals surface area (Å²) in [4.78, 5) is 21.2. The Kier molecular flexibility index (Phi) is 3.21. The molecule has 0 spiro atoms. The molecule has 1 fully saturated rings. The Labute approximate surface area is 111 Å². The molecular formula is C14H17N3O2. The molecule has 0 radical (unpaired) electrons. The first-order valence-electron chi connectivity index (χ1n) is 6.54. The molecule has 1 aliphatic heterocycles. The van der Waals surface area contributed by atoms with Crippen molar-refractivity contribution in [2.75, 3.05) is 20.2 Å². The molecule has 100 valence electrons. The topological polar surface area (TPSA) is 58.2 Å². The fraction of sp³-hybridized carbons (Fsp3) is 0.429. The van der Waals surface area contributed by atoms with Crippen LogP contribution in [0.3, 0.4) is 0 Å². The van der Waals surface area contributed by atoms with E-state index in [4.69, 9.17) is 4.74 Å². The van der Waals surface area contributed by atoms with Crippen LogP contribution in [-0.2, 0) is 4.74 Å². The number of nitrogens with one attached hydrogen (secondary N) is 1. The number of amides is 1. The van der Waals surface area contributed by atoms with Crippen LogP contribution in [0.15, 0.2) is 24.5 Å². The highest BCUT2D eigenvalue weighted by Gasteiger charge is 2.21. The maximum Gasteiger partial charge on any atom is 0.253 e. The fourth-order valence-corrected chi connectivity index (χ4v) is 2.47. The van der Waals surface area contributed by atoms with E-state index in [0.29, 0.717) is 12.1 Å². The summed E-state index contributed by atoms with van der Waals surface area (Å²) in [5.74, 6) is 0.0204. The molecule has 2 aromatic rings. The number of carbonyl (C=O) groups is 1. The van der Waals surface area contributed by atoms with E-state index in [1.165, 1.54) is 0 Å². The van der Waals surface area contributed by atoms with Crippen LogP contribution in [-0.4, -0.2) is 47.1 Å². The average molecular weight is 259 g/mol. The highest BCUT2D eigenvalue weighted by atomic mass is 16.5. The fourth-order valence-electron chi connectivity index (χ4n) is 2.47. The third-order valence-electron chi connectivity index (χ3n) is 3.52. The third kappa shape index (κ3) is 2.46. The minimum atomic E-state index is 0.0204. The summed E-state index contributed by atoms with van der Waals surface area (Å²) in [6, 6.07) is 5.52. The van der Waals surface area contributed by atoms with Gasteiger partial charge in [0.1, 0.15) is 0 Å². The number of H-pyrrole nitrogens is 1. The van der Waals surface area contributed by atoms with Crippen molar-refractivity contribution in [2.45, 2.75) is 18.9 Å². The van der Waals surface area contributed by atoms with Gasteiger partial charge in [-0.05, 0) is 31.0 Å². The number of carbonyl (C=O) groups excluding carboxylic acids is 1. The van der Waals surface area contributed by atoms with E-state index in [9.17, 15) is 4.79 Å². The quantitative estimate of drug-likeness (QED) is 0.914. The zero-order valence-corrected chi connectivity index (χ0v) is 10.9. The Hall–Kier alpha value is -1.88. The molecule has 1 aromatic carbocycles. The van der Waals surface area contributed by atoms with E-state index in [2.05, 4.69) is 9.97 Å². The zero-order chi connectivity index (χ0) is 13.2. The van der Waals surface area contributed by atoms with Crippen molar-refractivity contribution in [3.05, 3.63) is 30.1 Å². The van der Waals surface area contributed by atoms with Crippen LogP contribution in [0, 0.1) is 0 Å². The molecule has 0 bridgehead atoms. The molecule has 19 heavy (non-hydrogen) atoms. The van der Waals surface area contributed by atoms with Crippen LogP contribution in [0.5, 0.6) is 0 Å². The van der Waals surface area contributed by atoms with Crippen LogP contribution in [0.2, 0.25) is 0 Å². The highest BCUT2D eigenvalue weighted by Crippen LogP contribution is 2.16. The number of hydrogen-bond donors (Lipinski definition) is 1. The van der Waals surface area contributed by atoms with E-state index in [1.807, 2.05) is 25.2 Å². The van der Waals surface area contributed by atoms with Gasteiger partial charge in [-0.2, -0.15) is 0 Å². The van der Waals surface area contributed by atoms with Gasteiger partial charge in [0.25, 0.3) is 5.91 Å². The van der Waals surface area contributed by atoms with E-state index in [0.717, 1.165) is 30.5 Å². The number of rotatable bonds is 3. The molecule has 5 nitrogen and oxygen atoms in total.